The van der Waals surface area contributed by atoms with Crippen molar-refractivity contribution in [1.82, 2.24) is 10.2 Å². The van der Waals surface area contributed by atoms with Crippen molar-refractivity contribution in [2.45, 2.75) is 19.1 Å². The number of amides is 1. The quantitative estimate of drug-likeness (QED) is 0.903. The fourth-order valence-corrected chi connectivity index (χ4v) is 2.83. The molecule has 2 rings (SSSR count). The molecule has 0 saturated carbocycles. The van der Waals surface area contributed by atoms with E-state index in [1.165, 1.54) is 11.3 Å². The van der Waals surface area contributed by atoms with Gasteiger partial charge in [-0.15, -0.1) is 22.0 Å². The number of halogens is 1. The number of thioether (sulfide) groups is 1. The molecule has 7 heteroatoms. The van der Waals surface area contributed by atoms with Crippen LogP contribution in [0, 0.1) is 0 Å². The molecule has 0 radical (unpaired) electrons. The molecule has 20 heavy (non-hydrogen) atoms. The number of hydrogen-bond donors (Lipinski definition) is 1. The van der Waals surface area contributed by atoms with Crippen LogP contribution in [0.25, 0.3) is 10.6 Å². The van der Waals surface area contributed by atoms with Crippen molar-refractivity contribution in [3.8, 4) is 10.6 Å². The Labute approximate surface area is 130 Å². The molecule has 1 aromatic heterocycles. The number of rotatable bonds is 5. The third-order valence-electron chi connectivity index (χ3n) is 2.31. The number of nitrogens with one attached hydrogen (secondary N) is 1. The molecule has 0 fully saturated rings. The molecular weight excluding hydrogens is 314 g/mol. The summed E-state index contributed by atoms with van der Waals surface area (Å²) in [7, 11) is 0. The van der Waals surface area contributed by atoms with Crippen LogP contribution in [0.2, 0.25) is 5.02 Å². The molecule has 0 aliphatic heterocycles. The van der Waals surface area contributed by atoms with Crippen molar-refractivity contribution < 1.29 is 4.79 Å². The van der Waals surface area contributed by atoms with E-state index in [0.717, 1.165) is 10.6 Å². The smallest absolute Gasteiger partial charge is 0.236 e. The number of anilines is 1. The van der Waals surface area contributed by atoms with Crippen LogP contribution in [-0.2, 0) is 4.79 Å². The van der Waals surface area contributed by atoms with Gasteiger partial charge in [0, 0.05) is 10.6 Å². The number of benzene rings is 1. The second kappa shape index (κ2) is 7.06. The third-order valence-corrected chi connectivity index (χ3v) is 4.55. The van der Waals surface area contributed by atoms with Crippen molar-refractivity contribution in [1.29, 1.82) is 0 Å². The van der Waals surface area contributed by atoms with Crippen molar-refractivity contribution in [2.75, 3.05) is 11.1 Å². The highest BCUT2D eigenvalue weighted by Gasteiger charge is 2.10. The second-order valence-corrected chi connectivity index (χ2v) is 7.31. The summed E-state index contributed by atoms with van der Waals surface area (Å²) in [5, 5.41) is 13.2. The van der Waals surface area contributed by atoms with Crippen molar-refractivity contribution in [3.05, 3.63) is 29.3 Å². The molecular formula is C13H14ClN3OS2. The van der Waals surface area contributed by atoms with Gasteiger partial charge in [-0.2, -0.15) is 0 Å². The minimum atomic E-state index is -0.0532. The van der Waals surface area contributed by atoms with Gasteiger partial charge in [-0.3, -0.25) is 10.1 Å². The van der Waals surface area contributed by atoms with Gasteiger partial charge in [-0.1, -0.05) is 48.9 Å². The average molecular weight is 328 g/mol. The van der Waals surface area contributed by atoms with Gasteiger partial charge in [-0.25, -0.2) is 0 Å². The number of hydrogen-bond acceptors (Lipinski definition) is 5. The maximum Gasteiger partial charge on any atom is 0.236 e. The van der Waals surface area contributed by atoms with Crippen molar-refractivity contribution in [3.63, 3.8) is 0 Å². The van der Waals surface area contributed by atoms with Crippen LogP contribution < -0.4 is 5.32 Å². The highest BCUT2D eigenvalue weighted by molar-refractivity contribution is 8.00. The molecule has 1 heterocycles. The molecule has 0 unspecified atom stereocenters. The first-order valence-corrected chi connectivity index (χ1v) is 8.30. The van der Waals surface area contributed by atoms with E-state index in [2.05, 4.69) is 29.4 Å². The third kappa shape index (κ3) is 4.47. The van der Waals surface area contributed by atoms with Gasteiger partial charge in [0.1, 0.15) is 5.01 Å². The molecule has 106 valence electrons. The molecule has 0 saturated heterocycles. The molecule has 4 nitrogen and oxygen atoms in total. The molecule has 0 atom stereocenters. The van der Waals surface area contributed by atoms with Crippen LogP contribution in [0.5, 0.6) is 0 Å². The van der Waals surface area contributed by atoms with Crippen LogP contribution in [0.4, 0.5) is 5.13 Å². The van der Waals surface area contributed by atoms with Gasteiger partial charge >= 0.3 is 0 Å². The van der Waals surface area contributed by atoms with E-state index in [0.29, 0.717) is 21.2 Å². The fourth-order valence-electron chi connectivity index (χ4n) is 1.38. The lowest BCUT2D eigenvalue weighted by atomic mass is 10.2. The number of aromatic nitrogens is 2. The fraction of sp³-hybridized carbons (Fsp3) is 0.308. The Morgan fingerprint density at radius 2 is 2.05 bits per heavy atom. The van der Waals surface area contributed by atoms with Gasteiger partial charge in [0.25, 0.3) is 0 Å². The summed E-state index contributed by atoms with van der Waals surface area (Å²) in [6.45, 7) is 4.11. The Bertz CT molecular complexity index is 584. The standard InChI is InChI=1S/C13H14ClN3OS2/c1-8(2)19-7-11(18)15-13-17-16-12(20-13)9-3-5-10(14)6-4-9/h3-6,8H,7H2,1-2H3,(H,15,17,18). The van der Waals surface area contributed by atoms with E-state index in [-0.39, 0.29) is 5.91 Å². The van der Waals surface area contributed by atoms with E-state index in [4.69, 9.17) is 11.6 Å². The summed E-state index contributed by atoms with van der Waals surface area (Å²) in [6.07, 6.45) is 0. The first-order chi connectivity index (χ1) is 9.54. The lowest BCUT2D eigenvalue weighted by Crippen LogP contribution is -2.15. The Kier molecular flexibility index (Phi) is 5.39. The van der Waals surface area contributed by atoms with E-state index < -0.39 is 0 Å². The molecule has 0 aliphatic carbocycles. The van der Waals surface area contributed by atoms with Gasteiger partial charge < -0.3 is 0 Å². The molecule has 0 bridgehead atoms. The number of carbonyl (C=O) groups is 1. The molecule has 2 aromatic rings. The Hall–Kier alpha value is -1.11. The lowest BCUT2D eigenvalue weighted by molar-refractivity contribution is -0.113. The first kappa shape index (κ1) is 15.3. The van der Waals surface area contributed by atoms with Crippen molar-refractivity contribution in [2.24, 2.45) is 0 Å². The molecule has 0 aliphatic rings. The zero-order valence-electron chi connectivity index (χ0n) is 11.1. The van der Waals surface area contributed by atoms with Crippen LogP contribution in [0.1, 0.15) is 13.8 Å². The highest BCUT2D eigenvalue weighted by Crippen LogP contribution is 2.27. The highest BCUT2D eigenvalue weighted by atomic mass is 35.5. The normalized spacial score (nSPS) is 10.8. The maximum atomic E-state index is 11.7. The largest absolute Gasteiger partial charge is 0.300 e. The van der Waals surface area contributed by atoms with Gasteiger partial charge in [0.05, 0.1) is 5.75 Å². The summed E-state index contributed by atoms with van der Waals surface area (Å²) in [5.74, 6) is 0.371. The maximum absolute atomic E-state index is 11.7. The van der Waals surface area contributed by atoms with Gasteiger partial charge in [0.2, 0.25) is 11.0 Å². The van der Waals surface area contributed by atoms with Gasteiger partial charge in [0.15, 0.2) is 0 Å². The first-order valence-electron chi connectivity index (χ1n) is 6.05. The summed E-state index contributed by atoms with van der Waals surface area (Å²) >= 11 is 8.78. The predicted molar refractivity (Wildman–Crippen MR) is 86.6 cm³/mol. The summed E-state index contributed by atoms with van der Waals surface area (Å²) in [5.41, 5.74) is 0.934. The molecule has 0 spiro atoms. The Morgan fingerprint density at radius 1 is 1.35 bits per heavy atom. The minimum absolute atomic E-state index is 0.0532. The van der Waals surface area contributed by atoms with E-state index in [1.54, 1.807) is 23.9 Å². The van der Waals surface area contributed by atoms with E-state index >= 15 is 0 Å². The Morgan fingerprint density at radius 3 is 2.70 bits per heavy atom. The predicted octanol–water partition coefficient (Wildman–Crippen LogP) is 3.94. The number of carbonyl (C=O) groups excluding carboxylic acids is 1. The van der Waals surface area contributed by atoms with Crippen LogP contribution in [0.3, 0.4) is 0 Å². The van der Waals surface area contributed by atoms with Crippen LogP contribution >= 0.6 is 34.7 Å². The minimum Gasteiger partial charge on any atom is -0.300 e. The summed E-state index contributed by atoms with van der Waals surface area (Å²) in [6, 6.07) is 7.36. The zero-order chi connectivity index (χ0) is 14.5. The SMILES string of the molecule is CC(C)SCC(=O)Nc1nnc(-c2ccc(Cl)cc2)s1. The number of nitrogens with zero attached hydrogens (tertiary/aromatic N) is 2. The Balaban J connectivity index is 1.98. The monoisotopic (exact) mass is 327 g/mol. The lowest BCUT2D eigenvalue weighted by Gasteiger charge is -2.03. The van der Waals surface area contributed by atoms with Crippen molar-refractivity contribution >= 4 is 45.7 Å². The van der Waals surface area contributed by atoms with E-state index in [1.807, 2.05) is 12.1 Å². The topological polar surface area (TPSA) is 54.9 Å². The second-order valence-electron chi connectivity index (χ2n) is 4.33. The van der Waals surface area contributed by atoms with Gasteiger partial charge in [-0.05, 0) is 17.4 Å². The summed E-state index contributed by atoms with van der Waals surface area (Å²) in [4.78, 5) is 11.7. The van der Waals surface area contributed by atoms with Crippen LogP contribution in [0.15, 0.2) is 24.3 Å². The van der Waals surface area contributed by atoms with E-state index in [9.17, 15) is 4.79 Å². The summed E-state index contributed by atoms with van der Waals surface area (Å²) < 4.78 is 0. The molecule has 1 N–H and O–H groups in total. The van der Waals surface area contributed by atoms with Crippen LogP contribution in [-0.4, -0.2) is 27.1 Å². The molecule has 1 aromatic carbocycles. The average Bonchev–Trinajstić information content (AvgIpc) is 2.85. The molecule has 1 amide bonds. The zero-order valence-corrected chi connectivity index (χ0v) is 13.5.